The van der Waals surface area contributed by atoms with Crippen LogP contribution >= 0.6 is 11.3 Å². The van der Waals surface area contributed by atoms with Gasteiger partial charge in [-0.1, -0.05) is 0 Å². The summed E-state index contributed by atoms with van der Waals surface area (Å²) in [5, 5.41) is 1.95. The standard InChI is InChI=1S/C6H7FS/c1-5-2-6(3-7)8-4-5/h2,4H,3H2,1H3. The van der Waals surface area contributed by atoms with Gasteiger partial charge in [-0.25, -0.2) is 4.39 Å². The molecule has 0 N–H and O–H groups in total. The van der Waals surface area contributed by atoms with Crippen LogP contribution in [0.15, 0.2) is 11.4 Å². The van der Waals surface area contributed by atoms with Crippen LogP contribution in [0.3, 0.4) is 0 Å². The van der Waals surface area contributed by atoms with E-state index in [9.17, 15) is 4.39 Å². The number of aryl methyl sites for hydroxylation is 1. The second-order valence-corrected chi connectivity index (χ2v) is 2.72. The molecule has 0 nitrogen and oxygen atoms in total. The van der Waals surface area contributed by atoms with E-state index in [0.717, 1.165) is 10.4 Å². The average molecular weight is 130 g/mol. The van der Waals surface area contributed by atoms with Gasteiger partial charge in [-0.15, -0.1) is 11.3 Å². The molecular weight excluding hydrogens is 123 g/mol. The summed E-state index contributed by atoms with van der Waals surface area (Å²) in [6.07, 6.45) is 0. The van der Waals surface area contributed by atoms with Crippen LogP contribution in [-0.2, 0) is 6.67 Å². The predicted molar refractivity (Wildman–Crippen MR) is 33.9 cm³/mol. The first-order valence-corrected chi connectivity index (χ1v) is 3.31. The number of thiophene rings is 1. The van der Waals surface area contributed by atoms with E-state index in [1.54, 1.807) is 0 Å². The average Bonchev–Trinajstić information content (AvgIpc) is 2.14. The molecule has 0 spiro atoms. The summed E-state index contributed by atoms with van der Waals surface area (Å²) in [5.41, 5.74) is 1.16. The fourth-order valence-electron chi connectivity index (χ4n) is 0.561. The number of alkyl halides is 1. The molecule has 0 aromatic carbocycles. The molecule has 1 rings (SSSR count). The minimum Gasteiger partial charge on any atom is -0.245 e. The van der Waals surface area contributed by atoms with Gasteiger partial charge in [-0.05, 0) is 23.9 Å². The van der Waals surface area contributed by atoms with E-state index in [-0.39, 0.29) is 6.67 Å². The topological polar surface area (TPSA) is 0 Å². The Morgan fingerprint density at radius 3 is 2.75 bits per heavy atom. The summed E-state index contributed by atoms with van der Waals surface area (Å²) in [4.78, 5) is 0.822. The Morgan fingerprint density at radius 1 is 1.75 bits per heavy atom. The van der Waals surface area contributed by atoms with Gasteiger partial charge in [0.2, 0.25) is 0 Å². The quantitative estimate of drug-likeness (QED) is 0.548. The van der Waals surface area contributed by atoms with Gasteiger partial charge in [0.25, 0.3) is 0 Å². The first kappa shape index (κ1) is 5.76. The predicted octanol–water partition coefficient (Wildman–Crippen LogP) is 2.53. The fourth-order valence-corrected chi connectivity index (χ4v) is 1.28. The SMILES string of the molecule is Cc1csc(CF)c1. The van der Waals surface area contributed by atoms with Crippen LogP contribution in [0.25, 0.3) is 0 Å². The molecule has 0 aliphatic heterocycles. The maximum absolute atomic E-state index is 11.7. The molecule has 0 aliphatic rings. The van der Waals surface area contributed by atoms with E-state index in [1.165, 1.54) is 11.3 Å². The molecule has 0 saturated heterocycles. The van der Waals surface area contributed by atoms with Crippen molar-refractivity contribution in [1.82, 2.24) is 0 Å². The monoisotopic (exact) mass is 130 g/mol. The van der Waals surface area contributed by atoms with E-state index in [0.29, 0.717) is 0 Å². The number of rotatable bonds is 1. The van der Waals surface area contributed by atoms with Crippen LogP contribution in [0.4, 0.5) is 4.39 Å². The summed E-state index contributed by atoms with van der Waals surface area (Å²) in [6, 6.07) is 1.87. The normalized spacial score (nSPS) is 9.75. The molecule has 44 valence electrons. The van der Waals surface area contributed by atoms with Gasteiger partial charge in [-0.2, -0.15) is 0 Å². The minimum absolute atomic E-state index is 0.321. The zero-order chi connectivity index (χ0) is 5.98. The molecule has 2 heteroatoms. The second-order valence-electron chi connectivity index (χ2n) is 1.72. The highest BCUT2D eigenvalue weighted by atomic mass is 32.1. The van der Waals surface area contributed by atoms with Gasteiger partial charge < -0.3 is 0 Å². The highest BCUT2D eigenvalue weighted by Gasteiger charge is 1.91. The number of hydrogen-bond donors (Lipinski definition) is 0. The number of halogens is 1. The van der Waals surface area contributed by atoms with Crippen molar-refractivity contribution < 1.29 is 4.39 Å². The Labute approximate surface area is 52.0 Å². The Balaban J connectivity index is 2.84. The van der Waals surface area contributed by atoms with E-state index in [1.807, 2.05) is 18.4 Å². The van der Waals surface area contributed by atoms with E-state index in [2.05, 4.69) is 0 Å². The molecule has 1 aromatic rings. The Bertz CT molecular complexity index is 169. The Kier molecular flexibility index (Phi) is 1.63. The lowest BCUT2D eigenvalue weighted by atomic mass is 10.3. The first-order chi connectivity index (χ1) is 3.83. The third kappa shape index (κ3) is 1.07. The van der Waals surface area contributed by atoms with Crippen LogP contribution in [0.2, 0.25) is 0 Å². The lowest BCUT2D eigenvalue weighted by Crippen LogP contribution is -1.63. The molecule has 8 heavy (non-hydrogen) atoms. The van der Waals surface area contributed by atoms with Gasteiger partial charge in [0.15, 0.2) is 0 Å². The van der Waals surface area contributed by atoms with Gasteiger partial charge in [-0.3, -0.25) is 0 Å². The zero-order valence-electron chi connectivity index (χ0n) is 4.65. The summed E-state index contributed by atoms with van der Waals surface area (Å²) >= 11 is 1.47. The summed E-state index contributed by atoms with van der Waals surface area (Å²) in [7, 11) is 0. The van der Waals surface area contributed by atoms with Crippen LogP contribution in [0.1, 0.15) is 10.4 Å². The van der Waals surface area contributed by atoms with Gasteiger partial charge in [0.1, 0.15) is 6.67 Å². The van der Waals surface area contributed by atoms with Crippen molar-refractivity contribution in [3.63, 3.8) is 0 Å². The molecule has 0 amide bonds. The molecule has 0 saturated carbocycles. The Hall–Kier alpha value is -0.370. The lowest BCUT2D eigenvalue weighted by Gasteiger charge is -1.77. The molecular formula is C6H7FS. The second kappa shape index (κ2) is 2.27. The maximum atomic E-state index is 11.7. The molecule has 1 heterocycles. The largest absolute Gasteiger partial charge is 0.245 e. The fraction of sp³-hybridized carbons (Fsp3) is 0.333. The summed E-state index contributed by atoms with van der Waals surface area (Å²) < 4.78 is 11.7. The van der Waals surface area contributed by atoms with Crippen molar-refractivity contribution in [2.24, 2.45) is 0 Å². The lowest BCUT2D eigenvalue weighted by molar-refractivity contribution is 0.491. The third-order valence-electron chi connectivity index (χ3n) is 0.917. The van der Waals surface area contributed by atoms with Crippen LogP contribution in [0.5, 0.6) is 0 Å². The molecule has 0 atom stereocenters. The van der Waals surface area contributed by atoms with E-state index >= 15 is 0 Å². The molecule has 0 radical (unpaired) electrons. The molecule has 1 aromatic heterocycles. The van der Waals surface area contributed by atoms with Crippen molar-refractivity contribution in [3.8, 4) is 0 Å². The zero-order valence-corrected chi connectivity index (χ0v) is 5.46. The van der Waals surface area contributed by atoms with Gasteiger partial charge in [0, 0.05) is 4.88 Å². The summed E-state index contributed by atoms with van der Waals surface area (Å²) in [6.45, 7) is 1.65. The van der Waals surface area contributed by atoms with Crippen molar-refractivity contribution in [3.05, 3.63) is 21.9 Å². The van der Waals surface area contributed by atoms with Gasteiger partial charge in [0.05, 0.1) is 0 Å². The molecule has 0 aliphatic carbocycles. The molecule has 0 unspecified atom stereocenters. The van der Waals surface area contributed by atoms with Crippen LogP contribution in [0, 0.1) is 6.92 Å². The highest BCUT2D eigenvalue weighted by molar-refractivity contribution is 7.10. The molecule has 0 bridgehead atoms. The van der Waals surface area contributed by atoms with Crippen molar-refractivity contribution in [1.29, 1.82) is 0 Å². The van der Waals surface area contributed by atoms with E-state index < -0.39 is 0 Å². The van der Waals surface area contributed by atoms with Crippen LogP contribution < -0.4 is 0 Å². The van der Waals surface area contributed by atoms with E-state index in [4.69, 9.17) is 0 Å². The van der Waals surface area contributed by atoms with Crippen LogP contribution in [-0.4, -0.2) is 0 Å². The smallest absolute Gasteiger partial charge is 0.124 e. The van der Waals surface area contributed by atoms with Crippen molar-refractivity contribution in [2.45, 2.75) is 13.6 Å². The van der Waals surface area contributed by atoms with Crippen molar-refractivity contribution in [2.75, 3.05) is 0 Å². The third-order valence-corrected chi connectivity index (χ3v) is 1.94. The molecule has 0 fully saturated rings. The van der Waals surface area contributed by atoms with Crippen molar-refractivity contribution >= 4 is 11.3 Å². The number of hydrogen-bond acceptors (Lipinski definition) is 1. The minimum atomic E-state index is -0.321. The maximum Gasteiger partial charge on any atom is 0.124 e. The van der Waals surface area contributed by atoms with Gasteiger partial charge >= 0.3 is 0 Å². The summed E-state index contributed by atoms with van der Waals surface area (Å²) in [5.74, 6) is 0. The Morgan fingerprint density at radius 2 is 2.50 bits per heavy atom. The highest BCUT2D eigenvalue weighted by Crippen LogP contribution is 2.13. The first-order valence-electron chi connectivity index (χ1n) is 2.43.